The Labute approximate surface area is 148 Å². The summed E-state index contributed by atoms with van der Waals surface area (Å²) in [5.74, 6) is 0.566. The Balaban J connectivity index is 1.86. The average molecular weight is 340 g/mol. The molecule has 0 aromatic heterocycles. The fourth-order valence-electron chi connectivity index (χ4n) is 2.28. The van der Waals surface area contributed by atoms with E-state index in [0.717, 1.165) is 16.8 Å². The van der Waals surface area contributed by atoms with Crippen LogP contribution in [-0.2, 0) is 22.6 Å². The topological polar surface area (TPSA) is 67.4 Å². The number of hydrogen-bond acceptors (Lipinski definition) is 3. The second kappa shape index (κ2) is 8.87. The fourth-order valence-corrected chi connectivity index (χ4v) is 2.28. The van der Waals surface area contributed by atoms with Crippen LogP contribution in [0.15, 0.2) is 48.5 Å². The third kappa shape index (κ3) is 5.64. The number of benzene rings is 2. The maximum atomic E-state index is 12.1. The Morgan fingerprint density at radius 3 is 2.36 bits per heavy atom. The van der Waals surface area contributed by atoms with Crippen LogP contribution in [0.25, 0.3) is 0 Å². The quantitative estimate of drug-likeness (QED) is 0.814. The van der Waals surface area contributed by atoms with Crippen molar-refractivity contribution in [3.63, 3.8) is 0 Å². The van der Waals surface area contributed by atoms with Gasteiger partial charge in [0.15, 0.2) is 0 Å². The maximum Gasteiger partial charge on any atom is 0.226 e. The number of anilines is 1. The molecular weight excluding hydrogens is 316 g/mol. The molecular formula is C20H24N2O3. The summed E-state index contributed by atoms with van der Waals surface area (Å²) in [4.78, 5) is 23.8. The minimum atomic E-state index is -0.0679. The van der Waals surface area contributed by atoms with E-state index in [4.69, 9.17) is 4.74 Å². The molecule has 0 radical (unpaired) electrons. The van der Waals surface area contributed by atoms with E-state index in [1.165, 1.54) is 0 Å². The Morgan fingerprint density at radius 1 is 1.04 bits per heavy atom. The number of ether oxygens (including phenoxy) is 1. The standard InChI is InChI=1S/C20H24N2O3/c1-14(2)20(24)22-17-10-8-15(9-11-17)13-21-19(23)12-16-6-4-5-7-18(16)25-3/h4-11,14H,12-13H2,1-3H3,(H,21,23)(H,22,24). The smallest absolute Gasteiger partial charge is 0.226 e. The Bertz CT molecular complexity index is 724. The predicted octanol–water partition coefficient (Wildman–Crippen LogP) is 3.15. The lowest BCUT2D eigenvalue weighted by Crippen LogP contribution is -2.24. The van der Waals surface area contributed by atoms with Crippen molar-refractivity contribution in [2.24, 2.45) is 5.92 Å². The van der Waals surface area contributed by atoms with Gasteiger partial charge in [0.05, 0.1) is 13.5 Å². The van der Waals surface area contributed by atoms with Gasteiger partial charge in [-0.2, -0.15) is 0 Å². The summed E-state index contributed by atoms with van der Waals surface area (Å²) in [5.41, 5.74) is 2.58. The van der Waals surface area contributed by atoms with Gasteiger partial charge in [0.1, 0.15) is 5.75 Å². The van der Waals surface area contributed by atoms with E-state index in [1.807, 2.05) is 62.4 Å². The molecule has 132 valence electrons. The van der Waals surface area contributed by atoms with Gasteiger partial charge in [-0.1, -0.05) is 44.2 Å². The van der Waals surface area contributed by atoms with Gasteiger partial charge in [0.2, 0.25) is 11.8 Å². The molecule has 0 unspecified atom stereocenters. The molecule has 0 saturated heterocycles. The van der Waals surface area contributed by atoms with Crippen LogP contribution in [0.4, 0.5) is 5.69 Å². The zero-order valence-electron chi connectivity index (χ0n) is 14.8. The molecule has 0 atom stereocenters. The van der Waals surface area contributed by atoms with Crippen LogP contribution in [-0.4, -0.2) is 18.9 Å². The molecule has 0 bridgehead atoms. The largest absolute Gasteiger partial charge is 0.496 e. The van der Waals surface area contributed by atoms with Gasteiger partial charge in [0.25, 0.3) is 0 Å². The van der Waals surface area contributed by atoms with Crippen LogP contribution < -0.4 is 15.4 Å². The zero-order valence-corrected chi connectivity index (χ0v) is 14.8. The van der Waals surface area contributed by atoms with Crippen molar-refractivity contribution in [3.8, 4) is 5.75 Å². The number of carbonyl (C=O) groups excluding carboxylic acids is 2. The summed E-state index contributed by atoms with van der Waals surface area (Å²) < 4.78 is 5.26. The SMILES string of the molecule is COc1ccccc1CC(=O)NCc1ccc(NC(=O)C(C)C)cc1. The molecule has 5 heteroatoms. The highest BCUT2D eigenvalue weighted by molar-refractivity contribution is 5.92. The number of nitrogens with one attached hydrogen (secondary N) is 2. The summed E-state index contributed by atoms with van der Waals surface area (Å²) in [5, 5.41) is 5.73. The lowest BCUT2D eigenvalue weighted by molar-refractivity contribution is -0.120. The number of amides is 2. The Kier molecular flexibility index (Phi) is 6.57. The number of para-hydroxylation sites is 1. The van der Waals surface area contributed by atoms with E-state index in [1.54, 1.807) is 7.11 Å². The maximum absolute atomic E-state index is 12.1. The first-order valence-electron chi connectivity index (χ1n) is 8.28. The minimum absolute atomic E-state index is 0.0159. The third-order valence-corrected chi connectivity index (χ3v) is 3.78. The summed E-state index contributed by atoms with van der Waals surface area (Å²) >= 11 is 0. The highest BCUT2D eigenvalue weighted by Crippen LogP contribution is 2.17. The van der Waals surface area contributed by atoms with E-state index in [-0.39, 0.29) is 24.2 Å². The molecule has 0 aliphatic heterocycles. The zero-order chi connectivity index (χ0) is 18.2. The Hall–Kier alpha value is -2.82. The molecule has 2 aromatic rings. The van der Waals surface area contributed by atoms with Gasteiger partial charge in [-0.25, -0.2) is 0 Å². The van der Waals surface area contributed by atoms with Crippen molar-refractivity contribution in [3.05, 3.63) is 59.7 Å². The number of hydrogen-bond donors (Lipinski definition) is 2. The van der Waals surface area contributed by atoms with Gasteiger partial charge < -0.3 is 15.4 Å². The van der Waals surface area contributed by atoms with Crippen molar-refractivity contribution in [1.29, 1.82) is 0 Å². The lowest BCUT2D eigenvalue weighted by Gasteiger charge is -2.10. The first-order valence-corrected chi connectivity index (χ1v) is 8.28. The minimum Gasteiger partial charge on any atom is -0.496 e. The van der Waals surface area contributed by atoms with E-state index >= 15 is 0 Å². The summed E-state index contributed by atoms with van der Waals surface area (Å²) in [6.45, 7) is 4.13. The van der Waals surface area contributed by atoms with Crippen molar-refractivity contribution >= 4 is 17.5 Å². The number of methoxy groups -OCH3 is 1. The summed E-state index contributed by atoms with van der Waals surface area (Å²) in [6.07, 6.45) is 0.270. The monoisotopic (exact) mass is 340 g/mol. The molecule has 2 aromatic carbocycles. The first-order chi connectivity index (χ1) is 12.0. The molecule has 0 fully saturated rings. The first kappa shape index (κ1) is 18.5. The highest BCUT2D eigenvalue weighted by Gasteiger charge is 2.09. The van der Waals surface area contributed by atoms with Crippen LogP contribution in [0, 0.1) is 5.92 Å². The summed E-state index contributed by atoms with van der Waals surface area (Å²) in [7, 11) is 1.59. The van der Waals surface area contributed by atoms with E-state index < -0.39 is 0 Å². The number of rotatable bonds is 7. The van der Waals surface area contributed by atoms with Crippen LogP contribution >= 0.6 is 0 Å². The molecule has 0 spiro atoms. The van der Waals surface area contributed by atoms with Crippen LogP contribution in [0.3, 0.4) is 0 Å². The average Bonchev–Trinajstić information content (AvgIpc) is 2.61. The fraction of sp³-hybridized carbons (Fsp3) is 0.300. The normalized spacial score (nSPS) is 10.4. The van der Waals surface area contributed by atoms with Gasteiger partial charge in [-0.15, -0.1) is 0 Å². The van der Waals surface area contributed by atoms with E-state index in [0.29, 0.717) is 12.3 Å². The molecule has 2 amide bonds. The van der Waals surface area contributed by atoms with E-state index in [9.17, 15) is 9.59 Å². The summed E-state index contributed by atoms with van der Waals surface area (Å²) in [6, 6.07) is 14.9. The van der Waals surface area contributed by atoms with Crippen molar-refractivity contribution in [2.75, 3.05) is 12.4 Å². The third-order valence-electron chi connectivity index (χ3n) is 3.78. The van der Waals surface area contributed by atoms with Crippen molar-refractivity contribution in [1.82, 2.24) is 5.32 Å². The molecule has 2 rings (SSSR count). The molecule has 0 heterocycles. The van der Waals surface area contributed by atoms with Crippen molar-refractivity contribution < 1.29 is 14.3 Å². The predicted molar refractivity (Wildman–Crippen MR) is 98.5 cm³/mol. The highest BCUT2D eigenvalue weighted by atomic mass is 16.5. The van der Waals surface area contributed by atoms with Crippen molar-refractivity contribution in [2.45, 2.75) is 26.8 Å². The van der Waals surface area contributed by atoms with Crippen LogP contribution in [0.5, 0.6) is 5.75 Å². The molecule has 2 N–H and O–H groups in total. The van der Waals surface area contributed by atoms with Crippen LogP contribution in [0.2, 0.25) is 0 Å². The van der Waals surface area contributed by atoms with E-state index in [2.05, 4.69) is 10.6 Å². The second-order valence-electron chi connectivity index (χ2n) is 6.11. The van der Waals surface area contributed by atoms with Gasteiger partial charge in [-0.05, 0) is 23.8 Å². The molecule has 25 heavy (non-hydrogen) atoms. The number of carbonyl (C=O) groups is 2. The molecule has 0 aliphatic rings. The van der Waals surface area contributed by atoms with Gasteiger partial charge in [-0.3, -0.25) is 9.59 Å². The molecule has 0 saturated carbocycles. The Morgan fingerprint density at radius 2 is 1.72 bits per heavy atom. The molecule has 5 nitrogen and oxygen atoms in total. The molecule has 0 aliphatic carbocycles. The van der Waals surface area contributed by atoms with Crippen LogP contribution in [0.1, 0.15) is 25.0 Å². The lowest BCUT2D eigenvalue weighted by atomic mass is 10.1. The van der Waals surface area contributed by atoms with Gasteiger partial charge >= 0.3 is 0 Å². The van der Waals surface area contributed by atoms with Gasteiger partial charge in [0, 0.05) is 23.7 Å². The second-order valence-corrected chi connectivity index (χ2v) is 6.11.